The molecule has 4 nitrogen and oxygen atoms in total. The van der Waals surface area contributed by atoms with Crippen LogP contribution in [0.1, 0.15) is 19.3 Å². The number of carboxylic acids is 2. The van der Waals surface area contributed by atoms with E-state index < -0.39 is 23.8 Å². The molecule has 82 valence electrons. The molecule has 0 bridgehead atoms. The Balaban J connectivity index is 4.73. The van der Waals surface area contributed by atoms with Gasteiger partial charge >= 0.3 is 0 Å². The Morgan fingerprint density at radius 3 is 1.71 bits per heavy atom. The highest BCUT2D eigenvalue weighted by atomic mass is 32.1. The summed E-state index contributed by atoms with van der Waals surface area (Å²) >= 11 is 7.79. The molecule has 0 atom stereocenters. The predicted octanol–water partition coefficient (Wildman–Crippen LogP) is -1.50. The van der Waals surface area contributed by atoms with E-state index in [1.165, 1.54) is 0 Å². The molecule has 0 heterocycles. The lowest BCUT2D eigenvalue weighted by Crippen LogP contribution is -2.46. The molecule has 0 unspecified atom stereocenters. The van der Waals surface area contributed by atoms with Crippen molar-refractivity contribution in [2.24, 2.45) is 5.41 Å². The Morgan fingerprint density at radius 1 is 1.07 bits per heavy atom. The second kappa shape index (κ2) is 6.19. The summed E-state index contributed by atoms with van der Waals surface area (Å²) in [6.07, 6.45) is -0.254. The molecule has 0 amide bonds. The highest BCUT2D eigenvalue weighted by molar-refractivity contribution is 7.80. The van der Waals surface area contributed by atoms with Crippen molar-refractivity contribution in [3.05, 3.63) is 0 Å². The van der Waals surface area contributed by atoms with E-state index in [1.807, 2.05) is 0 Å². The predicted molar refractivity (Wildman–Crippen MR) is 54.0 cm³/mol. The van der Waals surface area contributed by atoms with Gasteiger partial charge in [0, 0.05) is 17.4 Å². The van der Waals surface area contributed by atoms with Crippen LogP contribution in [0.4, 0.5) is 0 Å². The molecule has 14 heavy (non-hydrogen) atoms. The van der Waals surface area contributed by atoms with E-state index >= 15 is 0 Å². The zero-order valence-corrected chi connectivity index (χ0v) is 9.35. The van der Waals surface area contributed by atoms with Gasteiger partial charge in [0.15, 0.2) is 0 Å². The summed E-state index contributed by atoms with van der Waals surface area (Å²) in [6, 6.07) is 0. The molecule has 0 radical (unpaired) electrons. The summed E-state index contributed by atoms with van der Waals surface area (Å²) in [4.78, 5) is 21.3. The summed E-state index contributed by atoms with van der Waals surface area (Å²) in [7, 11) is 0. The second-order valence-corrected chi connectivity index (χ2v) is 3.96. The van der Waals surface area contributed by atoms with Crippen LogP contribution in [0.5, 0.6) is 0 Å². The van der Waals surface area contributed by atoms with Gasteiger partial charge in [-0.1, -0.05) is 0 Å². The average Bonchev–Trinajstić information content (AvgIpc) is 2.03. The molecule has 0 aliphatic heterocycles. The van der Waals surface area contributed by atoms with Gasteiger partial charge in [-0.25, -0.2) is 0 Å². The summed E-state index contributed by atoms with van der Waals surface area (Å²) in [6.45, 7) is 0. The lowest BCUT2D eigenvalue weighted by atomic mass is 9.79. The summed E-state index contributed by atoms with van der Waals surface area (Å²) in [5.41, 5.74) is -1.39. The van der Waals surface area contributed by atoms with Crippen LogP contribution in [0.2, 0.25) is 0 Å². The molecule has 0 spiro atoms. The van der Waals surface area contributed by atoms with Crippen LogP contribution in [0, 0.1) is 5.41 Å². The van der Waals surface area contributed by atoms with Crippen LogP contribution in [0.15, 0.2) is 0 Å². The Bertz CT molecular complexity index is 211. The number of carbonyl (C=O) groups is 2. The average molecular weight is 236 g/mol. The van der Waals surface area contributed by atoms with Crippen molar-refractivity contribution in [1.29, 1.82) is 0 Å². The van der Waals surface area contributed by atoms with Gasteiger partial charge in [0.05, 0.1) is 0 Å². The maximum Gasteiger partial charge on any atom is 0.0480 e. The molecule has 6 heteroatoms. The maximum absolute atomic E-state index is 10.9. The highest BCUT2D eigenvalue weighted by Gasteiger charge is 2.30. The van der Waals surface area contributed by atoms with Crippen LogP contribution in [0.25, 0.3) is 0 Å². The number of hydrogen-bond acceptors (Lipinski definition) is 6. The number of rotatable bonds is 7. The van der Waals surface area contributed by atoms with Gasteiger partial charge in [-0.05, 0) is 30.8 Å². The first kappa shape index (κ1) is 13.6. The number of aliphatic carboxylic acids is 2. The second-order valence-electron chi connectivity index (χ2n) is 3.06. The van der Waals surface area contributed by atoms with Gasteiger partial charge in [-0.2, -0.15) is 25.3 Å². The van der Waals surface area contributed by atoms with Crippen LogP contribution in [0.3, 0.4) is 0 Å². The lowest BCUT2D eigenvalue weighted by molar-refractivity contribution is -0.328. The Hall–Kier alpha value is -0.360. The first-order valence-electron chi connectivity index (χ1n) is 4.11. The van der Waals surface area contributed by atoms with Gasteiger partial charge in [0.1, 0.15) is 0 Å². The van der Waals surface area contributed by atoms with E-state index in [0.717, 1.165) is 0 Å². The first-order chi connectivity index (χ1) is 6.48. The van der Waals surface area contributed by atoms with Crippen molar-refractivity contribution in [3.63, 3.8) is 0 Å². The minimum Gasteiger partial charge on any atom is -0.550 e. The van der Waals surface area contributed by atoms with Crippen molar-refractivity contribution >= 4 is 37.2 Å². The van der Waals surface area contributed by atoms with Crippen LogP contribution >= 0.6 is 25.3 Å². The van der Waals surface area contributed by atoms with Gasteiger partial charge < -0.3 is 19.8 Å². The third-order valence-electron chi connectivity index (χ3n) is 2.10. The zero-order chi connectivity index (χ0) is 11.2. The van der Waals surface area contributed by atoms with E-state index in [9.17, 15) is 19.8 Å². The molecular weight excluding hydrogens is 224 g/mol. The fourth-order valence-electron chi connectivity index (χ4n) is 1.28. The van der Waals surface area contributed by atoms with Gasteiger partial charge in [0.2, 0.25) is 0 Å². The molecule has 0 aromatic rings. The molecule has 0 saturated carbocycles. The van der Waals surface area contributed by atoms with Crippen molar-refractivity contribution in [1.82, 2.24) is 0 Å². The lowest BCUT2D eigenvalue weighted by Gasteiger charge is -2.34. The molecule has 0 aliphatic carbocycles. The highest BCUT2D eigenvalue weighted by Crippen LogP contribution is 2.31. The minimum absolute atomic E-state index is 0.146. The van der Waals surface area contributed by atoms with Crippen molar-refractivity contribution in [2.45, 2.75) is 19.3 Å². The molecular formula is C8H12O4S2-2. The standard InChI is InChI=1S/C8H14O4S2/c9-6(10)5-8(1-3-13,2-4-14)7(11)12/h13-14H,1-5H2,(H,9,10)(H,11,12)/p-2. The Kier molecular flexibility index (Phi) is 6.03. The largest absolute Gasteiger partial charge is 0.550 e. The maximum atomic E-state index is 10.9. The van der Waals surface area contributed by atoms with E-state index in [0.29, 0.717) is 0 Å². The topological polar surface area (TPSA) is 80.3 Å². The molecule has 0 N–H and O–H groups in total. The Labute approximate surface area is 93.5 Å². The fourth-order valence-corrected chi connectivity index (χ4v) is 2.14. The normalized spacial score (nSPS) is 11.3. The van der Waals surface area contributed by atoms with Gasteiger partial charge in [0.25, 0.3) is 0 Å². The van der Waals surface area contributed by atoms with E-state index in [1.54, 1.807) is 0 Å². The molecule has 0 aromatic heterocycles. The summed E-state index contributed by atoms with van der Waals surface area (Å²) < 4.78 is 0. The fraction of sp³-hybridized carbons (Fsp3) is 0.750. The summed E-state index contributed by atoms with van der Waals surface area (Å²) in [5.74, 6) is -2.19. The third-order valence-corrected chi connectivity index (χ3v) is 2.54. The molecule has 0 aromatic carbocycles. The van der Waals surface area contributed by atoms with E-state index in [-0.39, 0.29) is 24.3 Å². The molecule has 0 rings (SSSR count). The SMILES string of the molecule is O=C([O-])CC(CCS)(CCS)C(=O)[O-]. The van der Waals surface area contributed by atoms with Crippen LogP contribution in [-0.2, 0) is 9.59 Å². The molecule has 0 aliphatic rings. The number of carboxylic acid groups (broad SMARTS) is 2. The first-order valence-corrected chi connectivity index (χ1v) is 5.38. The Morgan fingerprint density at radius 2 is 1.50 bits per heavy atom. The summed E-state index contributed by atoms with van der Waals surface area (Å²) in [5, 5.41) is 21.3. The quantitative estimate of drug-likeness (QED) is 0.527. The van der Waals surface area contributed by atoms with Crippen molar-refractivity contribution in [2.75, 3.05) is 11.5 Å². The smallest absolute Gasteiger partial charge is 0.0480 e. The van der Waals surface area contributed by atoms with Crippen LogP contribution in [-0.4, -0.2) is 23.4 Å². The van der Waals surface area contributed by atoms with E-state index in [4.69, 9.17) is 0 Å². The third kappa shape index (κ3) is 3.79. The van der Waals surface area contributed by atoms with Crippen molar-refractivity contribution in [3.8, 4) is 0 Å². The minimum atomic E-state index is -1.39. The van der Waals surface area contributed by atoms with Gasteiger partial charge in [-0.15, -0.1) is 0 Å². The number of carbonyl (C=O) groups excluding carboxylic acids is 2. The number of hydrogen-bond donors (Lipinski definition) is 2. The van der Waals surface area contributed by atoms with Crippen molar-refractivity contribution < 1.29 is 19.8 Å². The van der Waals surface area contributed by atoms with E-state index in [2.05, 4.69) is 25.3 Å². The molecule has 0 fully saturated rings. The van der Waals surface area contributed by atoms with Crippen LogP contribution < -0.4 is 10.2 Å². The number of thiol groups is 2. The zero-order valence-electron chi connectivity index (χ0n) is 7.56. The van der Waals surface area contributed by atoms with Gasteiger partial charge in [-0.3, -0.25) is 0 Å². The monoisotopic (exact) mass is 236 g/mol. The molecule has 0 saturated heterocycles.